The van der Waals surface area contributed by atoms with Crippen LogP contribution in [0.3, 0.4) is 0 Å². The lowest BCUT2D eigenvalue weighted by Crippen LogP contribution is -2.43. The monoisotopic (exact) mass is 690 g/mol. The highest BCUT2D eigenvalue weighted by atomic mass is 32.5. The van der Waals surface area contributed by atoms with E-state index in [1.165, 1.54) is 28.7 Å². The number of hydrogen-bond donors (Lipinski definition) is 5. The number of nitrogen functional groups attached to an aromatic ring is 1. The van der Waals surface area contributed by atoms with Crippen molar-refractivity contribution in [1.29, 1.82) is 0 Å². The molecule has 4 aromatic heterocycles. The van der Waals surface area contributed by atoms with Crippen molar-refractivity contribution in [2.75, 3.05) is 18.9 Å². The van der Waals surface area contributed by atoms with Crippen molar-refractivity contribution in [2.45, 2.75) is 56.1 Å². The predicted octanol–water partition coefficient (Wildman–Crippen LogP) is -1.80. The average Bonchev–Trinajstić information content (AvgIpc) is 3.72. The number of aliphatic hydroxyl groups excluding tert-OH is 1. The zero-order valence-corrected chi connectivity index (χ0v) is 25.3. The largest absolute Gasteiger partial charge is 0.387 e. The number of H-pyrrole nitrogens is 1. The predicted molar refractivity (Wildman–Crippen MR) is 150 cm³/mol. The summed E-state index contributed by atoms with van der Waals surface area (Å²) in [6.07, 6.45) is -9.08. The van der Waals surface area contributed by atoms with Gasteiger partial charge in [0.25, 0.3) is 5.56 Å². The maximum Gasteiger partial charge on any atom is 0.336 e. The molecule has 0 radical (unpaired) electrons. The molecular formula is C21H24FN10O10PS2. The van der Waals surface area contributed by atoms with Crippen LogP contribution in [0.15, 0.2) is 23.8 Å². The van der Waals surface area contributed by atoms with Crippen molar-refractivity contribution >= 4 is 57.0 Å². The van der Waals surface area contributed by atoms with Gasteiger partial charge in [-0.25, -0.2) is 33.5 Å². The number of anilines is 1. The minimum Gasteiger partial charge on any atom is -0.387 e. The maximum absolute atomic E-state index is 16.0. The fourth-order valence-corrected chi connectivity index (χ4v) is 7.76. The number of imidazole rings is 2. The number of aryl methyl sites for hydroxylation is 1. The van der Waals surface area contributed by atoms with Gasteiger partial charge in [0.2, 0.25) is 0 Å². The first kappa shape index (κ1) is 30.6. The molecule has 9 atom stereocenters. The Morgan fingerprint density at radius 1 is 1.09 bits per heavy atom. The van der Waals surface area contributed by atoms with E-state index in [4.69, 9.17) is 40.2 Å². The lowest BCUT2D eigenvalue weighted by atomic mass is 10.1. The molecule has 24 heteroatoms. The van der Waals surface area contributed by atoms with E-state index in [0.717, 1.165) is 6.33 Å². The number of hydrogen-bond acceptors (Lipinski definition) is 16. The van der Waals surface area contributed by atoms with E-state index < -0.39 is 84.9 Å². The zero-order valence-electron chi connectivity index (χ0n) is 22.8. The van der Waals surface area contributed by atoms with Gasteiger partial charge in [0.05, 0.1) is 19.3 Å². The van der Waals surface area contributed by atoms with Gasteiger partial charge in [-0.3, -0.25) is 18.5 Å². The van der Waals surface area contributed by atoms with Crippen molar-refractivity contribution in [2.24, 2.45) is 0 Å². The van der Waals surface area contributed by atoms with Crippen molar-refractivity contribution in [1.82, 2.24) is 43.8 Å². The molecular weight excluding hydrogens is 666 g/mol. The second-order valence-corrected chi connectivity index (χ2v) is 14.5. The van der Waals surface area contributed by atoms with E-state index in [1.54, 1.807) is 0 Å². The number of aromatic amines is 1. The van der Waals surface area contributed by atoms with Crippen molar-refractivity contribution in [3.05, 3.63) is 35.2 Å². The van der Waals surface area contributed by atoms with Crippen LogP contribution >= 0.6 is 6.72 Å². The summed E-state index contributed by atoms with van der Waals surface area (Å²) in [4.78, 5) is 46.1. The van der Waals surface area contributed by atoms with E-state index >= 15 is 4.39 Å². The first-order chi connectivity index (χ1) is 21.3. The first-order valence-electron chi connectivity index (χ1n) is 13.1. The van der Waals surface area contributed by atoms with Crippen LogP contribution in [0.2, 0.25) is 0 Å². The summed E-state index contributed by atoms with van der Waals surface area (Å²) < 4.78 is 75.0. The third-order valence-corrected chi connectivity index (χ3v) is 9.98. The first-order valence-corrected chi connectivity index (χ1v) is 17.1. The Hall–Kier alpha value is -3.09. The third-order valence-electron chi connectivity index (χ3n) is 7.42. The number of rotatable bonds is 2. The number of nitrogens with zero attached hydrogens (tertiary/aromatic N) is 7. The summed E-state index contributed by atoms with van der Waals surface area (Å²) in [5.74, 6) is 0.267. The average molecular weight is 691 g/mol. The molecule has 242 valence electrons. The Bertz CT molecular complexity index is 2010. The van der Waals surface area contributed by atoms with Gasteiger partial charge >= 0.3 is 17.0 Å². The molecule has 0 aliphatic carbocycles. The van der Waals surface area contributed by atoms with Gasteiger partial charge in [0, 0.05) is 6.54 Å². The highest BCUT2D eigenvalue weighted by Gasteiger charge is 2.53. The van der Waals surface area contributed by atoms with Gasteiger partial charge in [-0.15, -0.1) is 0 Å². The van der Waals surface area contributed by atoms with Crippen molar-refractivity contribution in [3.8, 4) is 0 Å². The van der Waals surface area contributed by atoms with Crippen LogP contribution in [0.4, 0.5) is 10.2 Å². The zero-order chi connectivity index (χ0) is 31.8. The van der Waals surface area contributed by atoms with Gasteiger partial charge in [-0.1, -0.05) is 0 Å². The summed E-state index contributed by atoms with van der Waals surface area (Å²) in [5.41, 5.74) is 5.52. The number of halogens is 1. The number of fused-ring (bicyclic) bond motifs is 5. The lowest BCUT2D eigenvalue weighted by Gasteiger charge is -2.26. The number of aliphatic hydroxyl groups is 1. The molecule has 2 bridgehead atoms. The number of ether oxygens (including phenoxy) is 2. The molecule has 3 aliphatic heterocycles. The molecule has 3 saturated heterocycles. The van der Waals surface area contributed by atoms with Gasteiger partial charge < -0.3 is 34.7 Å². The minimum absolute atomic E-state index is 0.0204. The smallest absolute Gasteiger partial charge is 0.336 e. The van der Waals surface area contributed by atoms with E-state index in [1.807, 2.05) is 0 Å². The molecule has 3 aliphatic rings. The SMILES string of the molecule is Cc1nc2c(ncn2C2OC3COP(O)(=S)OC4C(CNS(=O)(=O)OC2C3O)OC(n2cnc3c(N)ncnc32)C4F)c(=O)[nH]1. The fourth-order valence-electron chi connectivity index (χ4n) is 5.39. The number of nitrogens with two attached hydrogens (primary N) is 1. The topological polar surface area (TPSA) is 266 Å². The fraction of sp³-hybridized carbons (Fsp3) is 0.524. The lowest BCUT2D eigenvalue weighted by molar-refractivity contribution is -0.0499. The van der Waals surface area contributed by atoms with Crippen LogP contribution in [0.1, 0.15) is 18.3 Å². The second kappa shape index (κ2) is 11.0. The van der Waals surface area contributed by atoms with Crippen LogP contribution in [0.25, 0.3) is 22.3 Å². The number of nitrogens with one attached hydrogen (secondary N) is 2. The molecule has 6 N–H and O–H groups in total. The van der Waals surface area contributed by atoms with Gasteiger partial charge in [-0.05, 0) is 18.7 Å². The standard InChI is InChI=1S/C21H24FN10O10PS2/c1-7-29-18-12(19(34)30-7)27-6-32(18)21-15-13(33)9(40-21)3-38-43(35,44)41-14-8(2-28-45(36,37)42-15)39-20(10(14)22)31-5-26-11-16(23)24-4-25-17(11)31/h4-6,8-10,13-15,20-21,28,33H,2-3H2,1H3,(H,35,44)(H2,23,24,25)(H,29,30,34). The minimum atomic E-state index is -4.73. The maximum atomic E-state index is 16.0. The molecule has 20 nitrogen and oxygen atoms in total. The highest BCUT2D eigenvalue weighted by molar-refractivity contribution is 8.07. The molecule has 0 spiro atoms. The Kier molecular flexibility index (Phi) is 7.48. The normalized spacial score (nSPS) is 35.6. The molecule has 0 saturated carbocycles. The van der Waals surface area contributed by atoms with Crippen molar-refractivity contribution < 1.29 is 45.5 Å². The highest BCUT2D eigenvalue weighted by Crippen LogP contribution is 2.50. The molecule has 9 unspecified atom stereocenters. The van der Waals surface area contributed by atoms with Gasteiger partial charge in [0.1, 0.15) is 42.1 Å². The molecule has 7 rings (SSSR count). The van der Waals surface area contributed by atoms with Crippen LogP contribution in [-0.2, 0) is 44.8 Å². The number of aromatic nitrogens is 8. The van der Waals surface area contributed by atoms with Crippen molar-refractivity contribution in [3.63, 3.8) is 0 Å². The Morgan fingerprint density at radius 3 is 2.58 bits per heavy atom. The molecule has 0 amide bonds. The summed E-state index contributed by atoms with van der Waals surface area (Å²) in [6.45, 7) is -4.02. The van der Waals surface area contributed by atoms with Crippen LogP contribution in [0.5, 0.6) is 0 Å². The quantitative estimate of drug-likeness (QED) is 0.145. The van der Waals surface area contributed by atoms with E-state index in [9.17, 15) is 23.2 Å². The van der Waals surface area contributed by atoms with Crippen LogP contribution in [-0.4, -0.2) is 107 Å². The second-order valence-electron chi connectivity index (χ2n) is 10.3. The Morgan fingerprint density at radius 2 is 1.80 bits per heavy atom. The summed E-state index contributed by atoms with van der Waals surface area (Å²) in [6, 6.07) is 0. The molecule has 45 heavy (non-hydrogen) atoms. The summed E-state index contributed by atoms with van der Waals surface area (Å²) in [7, 11) is -4.73. The van der Waals surface area contributed by atoms with E-state index in [0.29, 0.717) is 0 Å². The Labute approximate surface area is 256 Å². The molecule has 3 fully saturated rings. The van der Waals surface area contributed by atoms with E-state index in [-0.39, 0.29) is 34.0 Å². The molecule has 7 heterocycles. The Balaban J connectivity index is 1.21. The van der Waals surface area contributed by atoms with Gasteiger partial charge in [0.15, 0.2) is 47.4 Å². The summed E-state index contributed by atoms with van der Waals surface area (Å²) >= 11 is 5.14. The molecule has 0 aromatic carbocycles. The third kappa shape index (κ3) is 5.42. The van der Waals surface area contributed by atoms with Gasteiger partial charge in [-0.2, -0.15) is 13.1 Å². The van der Waals surface area contributed by atoms with Crippen LogP contribution < -0.4 is 16.0 Å². The van der Waals surface area contributed by atoms with E-state index in [2.05, 4.69) is 34.6 Å². The van der Waals surface area contributed by atoms with Crippen LogP contribution in [0, 0.1) is 6.92 Å². The number of alkyl halides is 1. The molecule has 4 aromatic rings. The summed E-state index contributed by atoms with van der Waals surface area (Å²) in [5, 5.41) is 11.1.